The molecule has 18 heteroatoms. The van der Waals surface area contributed by atoms with Crippen molar-refractivity contribution in [2.45, 2.75) is 232 Å². The molecular weight excluding hydrogens is 1120 g/mol. The van der Waals surface area contributed by atoms with Gasteiger partial charge in [-0.05, 0) is 122 Å². The van der Waals surface area contributed by atoms with Crippen molar-refractivity contribution in [3.63, 3.8) is 0 Å². The van der Waals surface area contributed by atoms with E-state index in [1.54, 1.807) is 0 Å². The first-order chi connectivity index (χ1) is 41.2. The van der Waals surface area contributed by atoms with Gasteiger partial charge in [-0.15, -0.1) is 0 Å². The minimum atomic E-state index is -4.94. The zero-order valence-electron chi connectivity index (χ0n) is 52.0. The van der Waals surface area contributed by atoms with Crippen molar-refractivity contribution in [1.29, 1.82) is 0 Å². The highest BCUT2D eigenvalue weighted by Gasteiger charge is 2.29. The molecule has 0 saturated heterocycles. The molecule has 0 aromatic carbocycles. The van der Waals surface area contributed by atoms with Gasteiger partial charge in [0.2, 0.25) is 0 Å². The smallest absolute Gasteiger partial charge is 0.463 e. The Morgan fingerprint density at radius 3 is 0.976 bits per heavy atom. The minimum Gasteiger partial charge on any atom is -0.463 e. The van der Waals surface area contributed by atoms with E-state index in [9.17, 15) is 43.5 Å². The number of carbonyl (C=O) groups is 3. The van der Waals surface area contributed by atoms with Crippen LogP contribution >= 0.6 is 15.6 Å². The number of hydrogen-bond donors (Lipinski definition) is 4. The lowest BCUT2D eigenvalue weighted by Gasteiger charge is -2.21. The molecule has 484 valence electrons. The topological polar surface area (TPSA) is 231 Å². The fourth-order valence-electron chi connectivity index (χ4n) is 7.63. The third-order valence-corrected chi connectivity index (χ3v) is 14.3. The summed E-state index contributed by atoms with van der Waals surface area (Å²) in [6.07, 6.45) is 68.0. The Kier molecular flexibility index (Phi) is 57.0. The molecule has 85 heavy (non-hydrogen) atoms. The van der Waals surface area contributed by atoms with Crippen LogP contribution in [0.15, 0.2) is 134 Å². The van der Waals surface area contributed by atoms with Gasteiger partial charge in [0.15, 0.2) is 6.10 Å². The van der Waals surface area contributed by atoms with Crippen LogP contribution in [-0.4, -0.2) is 95.9 Å². The van der Waals surface area contributed by atoms with Gasteiger partial charge in [0.05, 0.1) is 26.4 Å². The van der Waals surface area contributed by atoms with Gasteiger partial charge in [-0.25, -0.2) is 9.13 Å². The molecule has 0 saturated carbocycles. The van der Waals surface area contributed by atoms with Crippen molar-refractivity contribution >= 4 is 33.6 Å². The summed E-state index contributed by atoms with van der Waals surface area (Å²) < 4.78 is 60.7. The summed E-state index contributed by atoms with van der Waals surface area (Å²) in [6, 6.07) is 0. The first-order valence-corrected chi connectivity index (χ1v) is 34.5. The average molecular weight is 1230 g/mol. The summed E-state index contributed by atoms with van der Waals surface area (Å²) in [5, 5.41) is 20.5. The third kappa shape index (κ3) is 61.1. The van der Waals surface area contributed by atoms with Crippen LogP contribution in [0.2, 0.25) is 0 Å². The Hall–Kier alpha value is -4.31. The summed E-state index contributed by atoms with van der Waals surface area (Å²) in [5.74, 6) is -1.67. The van der Waals surface area contributed by atoms with Crippen molar-refractivity contribution in [3.05, 3.63) is 134 Å². The number of ether oxygens (including phenoxy) is 3. The molecule has 0 aliphatic heterocycles. The maximum absolute atomic E-state index is 12.9. The van der Waals surface area contributed by atoms with Gasteiger partial charge in [0.25, 0.3) is 0 Å². The molecule has 0 aliphatic rings. The Morgan fingerprint density at radius 2 is 0.600 bits per heavy atom. The largest absolute Gasteiger partial charge is 0.472 e. The second-order valence-electron chi connectivity index (χ2n) is 20.4. The van der Waals surface area contributed by atoms with Gasteiger partial charge in [-0.1, -0.05) is 206 Å². The lowest BCUT2D eigenvalue weighted by atomic mass is 10.1. The van der Waals surface area contributed by atoms with E-state index in [2.05, 4.69) is 142 Å². The fourth-order valence-corrected chi connectivity index (χ4v) is 9.22. The van der Waals surface area contributed by atoms with Crippen LogP contribution in [0.5, 0.6) is 0 Å². The van der Waals surface area contributed by atoms with E-state index in [0.717, 1.165) is 148 Å². The molecule has 0 amide bonds. The zero-order chi connectivity index (χ0) is 62.4. The molecule has 0 heterocycles. The molecule has 0 spiro atoms. The molecule has 16 nitrogen and oxygen atoms in total. The minimum absolute atomic E-state index is 0.0770. The van der Waals surface area contributed by atoms with Gasteiger partial charge >= 0.3 is 33.6 Å². The number of phosphoric acid groups is 2. The first kappa shape index (κ1) is 80.7. The molecule has 4 N–H and O–H groups in total. The maximum Gasteiger partial charge on any atom is 0.472 e. The highest BCUT2D eigenvalue weighted by molar-refractivity contribution is 7.47. The van der Waals surface area contributed by atoms with Crippen LogP contribution < -0.4 is 0 Å². The van der Waals surface area contributed by atoms with Crippen LogP contribution in [0, 0.1) is 0 Å². The summed E-state index contributed by atoms with van der Waals surface area (Å²) in [6.45, 7) is 2.19. The molecule has 0 aliphatic carbocycles. The molecule has 0 aromatic heterocycles. The van der Waals surface area contributed by atoms with E-state index < -0.39 is 91.5 Å². The number of hydrogen-bond acceptors (Lipinski definition) is 14. The molecule has 5 unspecified atom stereocenters. The maximum atomic E-state index is 12.9. The molecule has 5 atom stereocenters. The van der Waals surface area contributed by atoms with Crippen LogP contribution in [0.4, 0.5) is 0 Å². The Labute approximate surface area is 512 Å². The number of aliphatic hydroxyl groups excluding tert-OH is 2. The van der Waals surface area contributed by atoms with Gasteiger partial charge in [-0.3, -0.25) is 32.5 Å². The quantitative estimate of drug-likeness (QED) is 0.0146. The number of unbranched alkanes of at least 4 members (excludes halogenated alkanes) is 13. The van der Waals surface area contributed by atoms with Crippen molar-refractivity contribution in [2.24, 2.45) is 0 Å². The Balaban J connectivity index is 4.79. The predicted molar refractivity (Wildman–Crippen MR) is 343 cm³/mol. The summed E-state index contributed by atoms with van der Waals surface area (Å²) in [5.41, 5.74) is 0. The van der Waals surface area contributed by atoms with Crippen LogP contribution in [-0.2, 0) is 55.8 Å². The van der Waals surface area contributed by atoms with Crippen molar-refractivity contribution in [1.82, 2.24) is 0 Å². The van der Waals surface area contributed by atoms with E-state index in [-0.39, 0.29) is 19.3 Å². The summed E-state index contributed by atoms with van der Waals surface area (Å²) >= 11 is 0. The second-order valence-corrected chi connectivity index (χ2v) is 23.3. The van der Waals surface area contributed by atoms with E-state index in [0.29, 0.717) is 25.7 Å². The number of rotatable bonds is 58. The van der Waals surface area contributed by atoms with E-state index in [4.69, 9.17) is 32.3 Å². The fraction of sp³-hybridized carbons (Fsp3) is 0.627. The normalized spacial score (nSPS) is 15.2. The van der Waals surface area contributed by atoms with Crippen LogP contribution in [0.1, 0.15) is 213 Å². The third-order valence-electron chi connectivity index (χ3n) is 12.4. The zero-order valence-corrected chi connectivity index (χ0v) is 53.8. The van der Waals surface area contributed by atoms with Gasteiger partial charge < -0.3 is 34.2 Å². The molecule has 0 fully saturated rings. The van der Waals surface area contributed by atoms with Crippen LogP contribution in [0.3, 0.4) is 0 Å². The number of allylic oxidation sites excluding steroid dienone is 22. The Morgan fingerprint density at radius 1 is 0.329 bits per heavy atom. The van der Waals surface area contributed by atoms with E-state index >= 15 is 0 Å². The number of esters is 3. The second kappa shape index (κ2) is 60.0. The van der Waals surface area contributed by atoms with Gasteiger partial charge in [-0.2, -0.15) is 0 Å². The molecular formula is C67H110O16P2. The number of phosphoric ester groups is 2. The predicted octanol–water partition coefficient (Wildman–Crippen LogP) is 16.9. The van der Waals surface area contributed by atoms with E-state index in [1.165, 1.54) is 0 Å². The number of carbonyl (C=O) groups excluding carboxylic acids is 3. The summed E-state index contributed by atoms with van der Waals surface area (Å²) in [7, 11) is -9.80. The number of aliphatic hydroxyl groups is 2. The highest BCUT2D eigenvalue weighted by atomic mass is 31.2. The van der Waals surface area contributed by atoms with Gasteiger partial charge in [0.1, 0.15) is 25.4 Å². The lowest BCUT2D eigenvalue weighted by Crippen LogP contribution is -2.30. The van der Waals surface area contributed by atoms with Crippen molar-refractivity contribution < 1.29 is 75.8 Å². The highest BCUT2D eigenvalue weighted by Crippen LogP contribution is 2.45. The van der Waals surface area contributed by atoms with Crippen LogP contribution in [0.25, 0.3) is 0 Å². The summed E-state index contributed by atoms with van der Waals surface area (Å²) in [4.78, 5) is 58.2. The monoisotopic (exact) mass is 1230 g/mol. The van der Waals surface area contributed by atoms with Crippen molar-refractivity contribution in [2.75, 3.05) is 39.6 Å². The van der Waals surface area contributed by atoms with E-state index in [1.807, 2.05) is 12.2 Å². The standard InChI is InChI=1S/C67H110O16P2/c1-4-7-10-13-16-19-22-25-28-30-33-35-38-41-44-47-50-53-65(70)77-56-62(68)57-79-84(73,74)80-58-63(69)59-81-85(75,76)82-61-64(83-67(72)55-52-49-46-43-40-37-32-27-24-21-18-15-12-9-6-3)60-78-66(71)54-51-48-45-42-39-36-34-31-29-26-23-20-17-14-11-8-5-2/h7-12,16-21,25-29,32-33,35,41,44,62-64,68-69H,4-6,13-15,22-24,30-31,34,36-40,42-43,45-61H2,1-3H3,(H,73,74)(H,75,76)/b10-7-,11-8-,12-9-,19-16-,20-17-,21-18-,28-25-,29-26-,32-27-,35-33-,44-41-. The first-order valence-electron chi connectivity index (χ1n) is 31.5. The van der Waals surface area contributed by atoms with Gasteiger partial charge in [0, 0.05) is 19.3 Å². The van der Waals surface area contributed by atoms with Crippen molar-refractivity contribution in [3.8, 4) is 0 Å². The SMILES string of the molecule is CC/C=C\C/C=C\C/C=C\C/C=C\C/C=C\CCCC(=O)OCC(O)COP(=O)(O)OCC(O)COP(=O)(O)OCC(COC(=O)CCCCCCCCC/C=C\C/C=C\C/C=C\CC)OC(=O)CCCCCCC/C=C\C/C=C\C/C=C\CC. The molecule has 0 aromatic rings. The lowest BCUT2D eigenvalue weighted by molar-refractivity contribution is -0.161. The molecule has 0 radical (unpaired) electrons. The molecule has 0 bridgehead atoms. The average Bonchev–Trinajstić information content (AvgIpc) is 3.48. The Bertz CT molecular complexity index is 2090. The molecule has 0 rings (SSSR count).